The second-order valence-electron chi connectivity index (χ2n) is 2.09. The molecule has 0 amide bonds. The van der Waals surface area contributed by atoms with Crippen molar-refractivity contribution < 1.29 is 0 Å². The van der Waals surface area contributed by atoms with Gasteiger partial charge in [0.25, 0.3) is 0 Å². The van der Waals surface area contributed by atoms with E-state index in [-0.39, 0.29) is 0 Å². The first-order valence-electron chi connectivity index (χ1n) is 3.04. The van der Waals surface area contributed by atoms with Crippen LogP contribution in [0.1, 0.15) is 5.82 Å². The fourth-order valence-corrected chi connectivity index (χ4v) is 0.766. The van der Waals surface area contributed by atoms with Crippen LogP contribution in [0.3, 0.4) is 0 Å². The second-order valence-corrected chi connectivity index (χ2v) is 2.09. The van der Waals surface area contributed by atoms with Crippen molar-refractivity contribution in [1.82, 2.24) is 9.55 Å². The van der Waals surface area contributed by atoms with Crippen LogP contribution >= 0.6 is 0 Å². The van der Waals surface area contributed by atoms with Crippen molar-refractivity contribution in [1.29, 1.82) is 0 Å². The molecule has 0 aromatic carbocycles. The molecule has 52 valence electrons. The highest BCUT2D eigenvalue weighted by atomic mass is 15.0. The van der Waals surface area contributed by atoms with Crippen LogP contribution in [0.5, 0.6) is 0 Å². The summed E-state index contributed by atoms with van der Waals surface area (Å²) in [5.74, 6) is 0.870. The first-order chi connectivity index (χ1) is 4.75. The Kier molecular flexibility index (Phi) is 1.71. The average molecular weight is 134 g/mol. The molecule has 2 heteroatoms. The number of hydrogen-bond acceptors (Lipinski definition) is 1. The molecule has 1 rings (SSSR count). The average Bonchev–Trinajstić information content (AvgIpc) is 2.34. The molecule has 0 aliphatic carbocycles. The predicted octanol–water partition coefficient (Wildman–Crippen LogP) is 1.62. The Labute approximate surface area is 60.5 Å². The molecule has 1 aromatic rings. The molecule has 0 N–H and O–H groups in total. The third-order valence-corrected chi connectivity index (χ3v) is 1.35. The zero-order valence-electron chi connectivity index (χ0n) is 6.04. The minimum absolute atomic E-state index is 0.854. The summed E-state index contributed by atoms with van der Waals surface area (Å²) in [6.45, 7) is 7.38. The van der Waals surface area contributed by atoms with Gasteiger partial charge < -0.3 is 4.57 Å². The number of rotatable bonds is 2. The number of allylic oxidation sites excluding steroid dienone is 2. The van der Waals surface area contributed by atoms with Gasteiger partial charge in [-0.2, -0.15) is 0 Å². The van der Waals surface area contributed by atoms with Crippen LogP contribution in [0.25, 0.3) is 5.57 Å². The van der Waals surface area contributed by atoms with Gasteiger partial charge >= 0.3 is 0 Å². The lowest BCUT2D eigenvalue weighted by Crippen LogP contribution is -1.92. The molecule has 10 heavy (non-hydrogen) atoms. The molecule has 0 radical (unpaired) electrons. The number of imidazole rings is 1. The highest BCUT2D eigenvalue weighted by Crippen LogP contribution is 2.07. The minimum Gasteiger partial charge on any atom is -0.334 e. The van der Waals surface area contributed by atoms with Gasteiger partial charge in [-0.25, -0.2) is 4.98 Å². The molecule has 1 heterocycles. The maximum absolute atomic E-state index is 4.08. The molecule has 0 saturated carbocycles. The molecule has 0 fully saturated rings. The minimum atomic E-state index is 0.854. The molecule has 0 spiro atoms. The molecule has 0 atom stereocenters. The molecule has 0 aliphatic heterocycles. The van der Waals surface area contributed by atoms with Gasteiger partial charge in [0, 0.05) is 25.0 Å². The molecular weight excluding hydrogens is 124 g/mol. The lowest BCUT2D eigenvalue weighted by atomic mass is 10.3. The first-order valence-corrected chi connectivity index (χ1v) is 3.04. The van der Waals surface area contributed by atoms with Crippen molar-refractivity contribution in [2.75, 3.05) is 0 Å². The number of aryl methyl sites for hydroxylation is 1. The van der Waals surface area contributed by atoms with E-state index in [1.807, 2.05) is 17.8 Å². The summed E-state index contributed by atoms with van der Waals surface area (Å²) in [6.07, 6.45) is 5.32. The van der Waals surface area contributed by atoms with Crippen LogP contribution in [0.2, 0.25) is 0 Å². The number of hydrogen-bond donors (Lipinski definition) is 0. The Morgan fingerprint density at radius 3 is 2.90 bits per heavy atom. The van der Waals surface area contributed by atoms with E-state index in [1.165, 1.54) is 0 Å². The maximum Gasteiger partial charge on any atom is 0.138 e. The van der Waals surface area contributed by atoms with E-state index in [2.05, 4.69) is 18.1 Å². The van der Waals surface area contributed by atoms with Crippen LogP contribution in [-0.2, 0) is 7.05 Å². The van der Waals surface area contributed by atoms with Crippen LogP contribution < -0.4 is 0 Å². The zero-order valence-corrected chi connectivity index (χ0v) is 6.04. The smallest absolute Gasteiger partial charge is 0.138 e. The van der Waals surface area contributed by atoms with Crippen molar-refractivity contribution >= 4 is 5.57 Å². The van der Waals surface area contributed by atoms with Gasteiger partial charge in [-0.3, -0.25) is 0 Å². The Bertz CT molecular complexity index is 258. The van der Waals surface area contributed by atoms with Crippen molar-refractivity contribution in [2.45, 2.75) is 0 Å². The second kappa shape index (κ2) is 2.52. The quantitative estimate of drug-likeness (QED) is 0.562. The zero-order chi connectivity index (χ0) is 7.56. The van der Waals surface area contributed by atoms with Gasteiger partial charge in [0.1, 0.15) is 5.82 Å². The number of nitrogens with zero attached hydrogens (tertiary/aromatic N) is 2. The predicted molar refractivity (Wildman–Crippen MR) is 42.4 cm³/mol. The van der Waals surface area contributed by atoms with E-state index in [0.29, 0.717) is 0 Å². The molecule has 1 aromatic heterocycles. The monoisotopic (exact) mass is 134 g/mol. The highest BCUT2D eigenvalue weighted by molar-refractivity contribution is 5.66. The summed E-state index contributed by atoms with van der Waals surface area (Å²) >= 11 is 0. The fourth-order valence-electron chi connectivity index (χ4n) is 0.766. The molecule has 0 bridgehead atoms. The Balaban J connectivity index is 3.04. The topological polar surface area (TPSA) is 17.8 Å². The van der Waals surface area contributed by atoms with E-state index in [9.17, 15) is 0 Å². The normalized spacial score (nSPS) is 9.30. The van der Waals surface area contributed by atoms with Crippen molar-refractivity contribution in [3.63, 3.8) is 0 Å². The third kappa shape index (κ3) is 1.00. The van der Waals surface area contributed by atoms with Crippen molar-refractivity contribution in [2.24, 2.45) is 7.05 Å². The van der Waals surface area contributed by atoms with Gasteiger partial charge in [-0.15, -0.1) is 0 Å². The summed E-state index contributed by atoms with van der Waals surface area (Å²) in [7, 11) is 1.93. The van der Waals surface area contributed by atoms with Crippen molar-refractivity contribution in [3.8, 4) is 0 Å². The summed E-state index contributed by atoms with van der Waals surface area (Å²) in [4.78, 5) is 4.08. The molecular formula is C8H10N2. The van der Waals surface area contributed by atoms with Gasteiger partial charge in [-0.05, 0) is 0 Å². The summed E-state index contributed by atoms with van der Waals surface area (Å²) in [5, 5.41) is 0. The first kappa shape index (κ1) is 6.81. The fraction of sp³-hybridized carbons (Fsp3) is 0.125. The van der Waals surface area contributed by atoms with Crippen LogP contribution in [-0.4, -0.2) is 9.55 Å². The van der Waals surface area contributed by atoms with E-state index < -0.39 is 0 Å². The number of aromatic nitrogens is 2. The molecule has 2 nitrogen and oxygen atoms in total. The lowest BCUT2D eigenvalue weighted by Gasteiger charge is -1.97. The van der Waals surface area contributed by atoms with E-state index in [1.54, 1.807) is 12.3 Å². The molecule has 0 saturated heterocycles. The van der Waals surface area contributed by atoms with Gasteiger partial charge in [-0.1, -0.05) is 19.2 Å². The van der Waals surface area contributed by atoms with Crippen LogP contribution in [0.15, 0.2) is 31.6 Å². The van der Waals surface area contributed by atoms with Gasteiger partial charge in [0.2, 0.25) is 0 Å². The Hall–Kier alpha value is -1.31. The van der Waals surface area contributed by atoms with Gasteiger partial charge in [0.05, 0.1) is 0 Å². The third-order valence-electron chi connectivity index (χ3n) is 1.35. The SMILES string of the molecule is C=CC(=C)c1nccn1C. The van der Waals surface area contributed by atoms with Crippen molar-refractivity contribution in [3.05, 3.63) is 37.5 Å². The summed E-state index contributed by atoms with van der Waals surface area (Å²) < 4.78 is 1.91. The summed E-state index contributed by atoms with van der Waals surface area (Å²) in [5.41, 5.74) is 0.854. The van der Waals surface area contributed by atoms with E-state index in [4.69, 9.17) is 0 Å². The Morgan fingerprint density at radius 1 is 1.80 bits per heavy atom. The van der Waals surface area contributed by atoms with Crippen LogP contribution in [0.4, 0.5) is 0 Å². The van der Waals surface area contributed by atoms with E-state index >= 15 is 0 Å². The lowest BCUT2D eigenvalue weighted by molar-refractivity contribution is 0.893. The van der Waals surface area contributed by atoms with Gasteiger partial charge in [0.15, 0.2) is 0 Å². The Morgan fingerprint density at radius 2 is 2.50 bits per heavy atom. The largest absolute Gasteiger partial charge is 0.334 e. The molecule has 0 unspecified atom stereocenters. The molecule has 0 aliphatic rings. The van der Waals surface area contributed by atoms with E-state index in [0.717, 1.165) is 11.4 Å². The summed E-state index contributed by atoms with van der Waals surface area (Å²) in [6, 6.07) is 0. The maximum atomic E-state index is 4.08. The highest BCUT2D eigenvalue weighted by Gasteiger charge is 1.97. The van der Waals surface area contributed by atoms with Crippen LogP contribution in [0, 0.1) is 0 Å². The standard InChI is InChI=1S/C8H10N2/c1-4-7(2)8-9-5-6-10(8)3/h4-6H,1-2H2,3H3.